The van der Waals surface area contributed by atoms with Crippen molar-refractivity contribution in [1.82, 2.24) is 10.3 Å². The molecule has 1 aromatic heterocycles. The van der Waals surface area contributed by atoms with E-state index in [0.29, 0.717) is 6.42 Å². The number of aromatic nitrogens is 1. The number of carbonyl (C=O) groups excluding carboxylic acids is 1. The van der Waals surface area contributed by atoms with Crippen LogP contribution in [0.25, 0.3) is 0 Å². The Morgan fingerprint density at radius 1 is 1.40 bits per heavy atom. The Bertz CT molecular complexity index is 488. The van der Waals surface area contributed by atoms with Gasteiger partial charge >= 0.3 is 0 Å². The predicted octanol–water partition coefficient (Wildman–Crippen LogP) is 4.38. The van der Waals surface area contributed by atoms with Gasteiger partial charge in [-0.3, -0.25) is 4.79 Å². The number of H-pyrrole nitrogens is 1. The van der Waals surface area contributed by atoms with Gasteiger partial charge in [-0.15, -0.1) is 11.3 Å². The molecule has 0 aliphatic carbocycles. The van der Waals surface area contributed by atoms with Crippen LogP contribution in [0, 0.1) is 16.3 Å². The summed E-state index contributed by atoms with van der Waals surface area (Å²) in [6.45, 7) is 9.35. The number of amides is 1. The first-order valence-electron chi connectivity index (χ1n) is 7.29. The van der Waals surface area contributed by atoms with Crippen molar-refractivity contribution >= 4 is 29.5 Å². The van der Waals surface area contributed by atoms with Crippen molar-refractivity contribution in [1.29, 1.82) is 0 Å². The molecule has 0 saturated carbocycles. The third kappa shape index (κ3) is 6.18. The van der Waals surface area contributed by atoms with E-state index in [9.17, 15) is 4.79 Å². The Kier molecular flexibility index (Phi) is 6.89. The van der Waals surface area contributed by atoms with Crippen molar-refractivity contribution < 1.29 is 4.79 Å². The fraction of sp³-hybridized carbons (Fsp3) is 0.733. The number of unbranched alkanes of at least 4 members (excludes halogenated alkanes) is 2. The third-order valence-corrected chi connectivity index (χ3v) is 4.80. The number of carbonyl (C=O) groups is 1. The van der Waals surface area contributed by atoms with Crippen molar-refractivity contribution in [2.45, 2.75) is 59.8 Å². The number of rotatable bonds is 8. The summed E-state index contributed by atoms with van der Waals surface area (Å²) in [5, 5.41) is 3.05. The van der Waals surface area contributed by atoms with Crippen LogP contribution in [-0.4, -0.2) is 17.4 Å². The minimum atomic E-state index is 0.0851. The van der Waals surface area contributed by atoms with Crippen molar-refractivity contribution in [2.24, 2.45) is 5.41 Å². The molecule has 0 saturated heterocycles. The molecule has 0 radical (unpaired) electrons. The smallest absolute Gasteiger partial charge is 0.225 e. The van der Waals surface area contributed by atoms with Crippen LogP contribution < -0.4 is 5.32 Å². The van der Waals surface area contributed by atoms with Gasteiger partial charge in [-0.2, -0.15) is 0 Å². The van der Waals surface area contributed by atoms with Gasteiger partial charge in [-0.25, -0.2) is 0 Å². The average Bonchev–Trinajstić information content (AvgIpc) is 2.66. The average molecular weight is 315 g/mol. The van der Waals surface area contributed by atoms with Crippen LogP contribution in [0.2, 0.25) is 0 Å². The van der Waals surface area contributed by atoms with Crippen molar-refractivity contribution in [3.63, 3.8) is 0 Å². The van der Waals surface area contributed by atoms with Gasteiger partial charge in [0, 0.05) is 17.1 Å². The first kappa shape index (κ1) is 17.4. The fourth-order valence-electron chi connectivity index (χ4n) is 2.09. The molecule has 1 rings (SSSR count). The molecule has 2 N–H and O–H groups in total. The minimum Gasteiger partial charge on any atom is -0.355 e. The maximum atomic E-state index is 12.0. The topological polar surface area (TPSA) is 44.9 Å². The standard InChI is InChI=1S/C15H26N2OS2/c1-5-6-7-8-15(3,4)10-16-13(18)9-12-11(2)17-14(19)20-12/h5-10H2,1-4H3,(H,16,18)(H,17,19). The summed E-state index contributed by atoms with van der Waals surface area (Å²) in [4.78, 5) is 16.1. The SMILES string of the molecule is CCCCCC(C)(C)CNC(=O)Cc1sc(=S)[nH]c1C. The summed E-state index contributed by atoms with van der Waals surface area (Å²) >= 11 is 6.58. The molecule has 0 atom stereocenters. The van der Waals surface area contributed by atoms with Gasteiger partial charge < -0.3 is 10.3 Å². The number of hydrogen-bond donors (Lipinski definition) is 2. The number of nitrogens with one attached hydrogen (secondary N) is 2. The second-order valence-electron chi connectivity index (χ2n) is 6.14. The van der Waals surface area contributed by atoms with Gasteiger partial charge in [0.15, 0.2) is 3.95 Å². The van der Waals surface area contributed by atoms with Crippen LogP contribution in [-0.2, 0) is 11.2 Å². The van der Waals surface area contributed by atoms with Crippen molar-refractivity contribution in [3.8, 4) is 0 Å². The number of hydrogen-bond acceptors (Lipinski definition) is 3. The summed E-state index contributed by atoms with van der Waals surface area (Å²) in [7, 11) is 0. The summed E-state index contributed by atoms with van der Waals surface area (Å²) in [5.74, 6) is 0.0851. The van der Waals surface area contributed by atoms with Crippen LogP contribution >= 0.6 is 23.6 Å². The van der Waals surface area contributed by atoms with E-state index < -0.39 is 0 Å². The maximum absolute atomic E-state index is 12.0. The van der Waals surface area contributed by atoms with E-state index in [0.717, 1.165) is 27.5 Å². The van der Waals surface area contributed by atoms with Crippen molar-refractivity contribution in [2.75, 3.05) is 6.54 Å². The molecule has 1 aromatic rings. The van der Waals surface area contributed by atoms with E-state index >= 15 is 0 Å². The highest BCUT2D eigenvalue weighted by molar-refractivity contribution is 7.73. The van der Waals surface area contributed by atoms with Gasteiger partial charge in [0.25, 0.3) is 0 Å². The summed E-state index contributed by atoms with van der Waals surface area (Å²) in [6, 6.07) is 0. The second kappa shape index (κ2) is 7.93. The predicted molar refractivity (Wildman–Crippen MR) is 88.9 cm³/mol. The Morgan fingerprint density at radius 2 is 2.10 bits per heavy atom. The van der Waals surface area contributed by atoms with Gasteiger partial charge in [0.1, 0.15) is 0 Å². The molecule has 0 unspecified atom stereocenters. The zero-order valence-corrected chi connectivity index (χ0v) is 14.6. The Morgan fingerprint density at radius 3 is 2.65 bits per heavy atom. The Balaban J connectivity index is 2.39. The number of aryl methyl sites for hydroxylation is 1. The normalized spacial score (nSPS) is 11.6. The van der Waals surface area contributed by atoms with Crippen LogP contribution in [0.4, 0.5) is 0 Å². The molecule has 0 aliphatic rings. The van der Waals surface area contributed by atoms with E-state index in [1.807, 2.05) is 6.92 Å². The molecule has 0 bridgehead atoms. The van der Waals surface area contributed by atoms with Crippen LogP contribution in [0.3, 0.4) is 0 Å². The third-order valence-electron chi connectivity index (χ3n) is 3.47. The van der Waals surface area contributed by atoms with E-state index in [-0.39, 0.29) is 11.3 Å². The molecule has 20 heavy (non-hydrogen) atoms. The number of thiazole rings is 1. The lowest BCUT2D eigenvalue weighted by molar-refractivity contribution is -0.120. The van der Waals surface area contributed by atoms with Crippen molar-refractivity contribution in [3.05, 3.63) is 14.5 Å². The highest BCUT2D eigenvalue weighted by Crippen LogP contribution is 2.23. The Labute approximate surface area is 131 Å². The molecule has 1 heterocycles. The molecule has 114 valence electrons. The summed E-state index contributed by atoms with van der Waals surface area (Å²) < 4.78 is 0.741. The maximum Gasteiger partial charge on any atom is 0.225 e. The summed E-state index contributed by atoms with van der Waals surface area (Å²) in [5.41, 5.74) is 1.18. The zero-order chi connectivity index (χ0) is 15.2. The Hall–Kier alpha value is -0.680. The second-order valence-corrected chi connectivity index (χ2v) is 7.91. The van der Waals surface area contributed by atoms with Crippen LogP contribution in [0.15, 0.2) is 0 Å². The highest BCUT2D eigenvalue weighted by atomic mass is 32.1. The van der Waals surface area contributed by atoms with Gasteiger partial charge in [-0.05, 0) is 31.0 Å². The first-order chi connectivity index (χ1) is 9.34. The minimum absolute atomic E-state index is 0.0851. The molecule has 3 nitrogen and oxygen atoms in total. The molecule has 1 amide bonds. The van der Waals surface area contributed by atoms with E-state index in [4.69, 9.17) is 12.2 Å². The lowest BCUT2D eigenvalue weighted by atomic mass is 9.87. The fourth-order valence-corrected chi connectivity index (χ4v) is 3.38. The summed E-state index contributed by atoms with van der Waals surface area (Å²) in [6.07, 6.45) is 5.32. The number of aromatic amines is 1. The first-order valence-corrected chi connectivity index (χ1v) is 8.52. The van der Waals surface area contributed by atoms with Gasteiger partial charge in [0.2, 0.25) is 5.91 Å². The lowest BCUT2D eigenvalue weighted by Crippen LogP contribution is -2.34. The highest BCUT2D eigenvalue weighted by Gasteiger charge is 2.18. The quantitative estimate of drug-likeness (QED) is 0.552. The molecular weight excluding hydrogens is 288 g/mol. The largest absolute Gasteiger partial charge is 0.355 e. The molecule has 0 fully saturated rings. The molecule has 0 spiro atoms. The van der Waals surface area contributed by atoms with Gasteiger partial charge in [-0.1, -0.05) is 40.0 Å². The van der Waals surface area contributed by atoms with Crippen LogP contribution in [0.5, 0.6) is 0 Å². The zero-order valence-electron chi connectivity index (χ0n) is 13.0. The molecule has 0 aliphatic heterocycles. The van der Waals surface area contributed by atoms with E-state index in [2.05, 4.69) is 31.1 Å². The van der Waals surface area contributed by atoms with E-state index in [1.165, 1.54) is 30.6 Å². The molecule has 0 aromatic carbocycles. The van der Waals surface area contributed by atoms with Crippen LogP contribution in [0.1, 0.15) is 57.0 Å². The van der Waals surface area contributed by atoms with E-state index in [1.54, 1.807) is 0 Å². The monoisotopic (exact) mass is 314 g/mol. The molecule has 5 heteroatoms. The molecular formula is C15H26N2OS2. The lowest BCUT2D eigenvalue weighted by Gasteiger charge is -2.24. The van der Waals surface area contributed by atoms with Gasteiger partial charge in [0.05, 0.1) is 6.42 Å².